The molecule has 1 aliphatic rings. The molecule has 3 N–H and O–H groups in total. The molecule has 0 aromatic heterocycles. The largest absolute Gasteiger partial charge is 0.506 e. The lowest BCUT2D eigenvalue weighted by Gasteiger charge is -2.44. The number of aromatic carboxylic acids is 1. The molecule has 2 aromatic rings. The minimum Gasteiger partial charge on any atom is -0.506 e. The number of benzene rings is 2. The van der Waals surface area contributed by atoms with Crippen molar-refractivity contribution in [1.82, 2.24) is 0 Å². The smallest absolute Gasteiger partial charge is 0.341 e. The first-order chi connectivity index (χ1) is 18.8. The number of carbonyl (C=O) groups is 2. The Bertz CT molecular complexity index is 1920. The van der Waals surface area contributed by atoms with Gasteiger partial charge in [-0.25, -0.2) is 47.2 Å². The number of nitrogens with one attached hydrogen (secondary N) is 1. The maximum Gasteiger partial charge on any atom is 0.341 e. The Hall–Kier alpha value is -2.87. The molecule has 0 aliphatic heterocycles. The molecule has 0 heterocycles. The van der Waals surface area contributed by atoms with Crippen LogP contribution < -0.4 is 5.32 Å². The number of aromatic hydroxyl groups is 1. The van der Waals surface area contributed by atoms with Crippen molar-refractivity contribution in [3.63, 3.8) is 0 Å². The standard InChI is InChI=1S/C22H22ClF2NO12S4/c1-39(31,32)21(40(2,33)34)5-6-22(41(3,35)36,42(4,37)38)16-12(21)9-11(18(27)17(16)23)19(28)26-10-7-13(24)15(20(29)30)14(25)8-10/h7-9,27H,5-6H2,1-4H3,(H,26,28)(H,29,30). The Kier molecular flexibility index (Phi) is 8.09. The molecule has 232 valence electrons. The zero-order chi connectivity index (χ0) is 32.6. The minimum atomic E-state index is -4.86. The van der Waals surface area contributed by atoms with Crippen LogP contribution in [0, 0.1) is 11.6 Å². The summed E-state index contributed by atoms with van der Waals surface area (Å²) >= 11 is 6.26. The molecule has 2 aromatic carbocycles. The molecule has 13 nitrogen and oxygen atoms in total. The number of sulfone groups is 4. The number of amides is 1. The van der Waals surface area contributed by atoms with E-state index >= 15 is 0 Å². The fourth-order valence-electron chi connectivity index (χ4n) is 5.18. The SMILES string of the molecule is CS(=O)(=O)C1(S(C)(=O)=O)CCC(S(C)(=O)=O)(S(C)(=O)=O)c2c1cc(C(=O)Nc1cc(F)c(C(=O)O)c(F)c1)c(O)c2Cl. The van der Waals surface area contributed by atoms with Gasteiger partial charge < -0.3 is 15.5 Å². The second-order valence-corrected chi connectivity index (χ2v) is 19.5. The van der Waals surface area contributed by atoms with Crippen LogP contribution in [0.5, 0.6) is 5.75 Å². The van der Waals surface area contributed by atoms with E-state index in [0.717, 1.165) is 0 Å². The average molecular weight is 694 g/mol. The van der Waals surface area contributed by atoms with Crippen molar-refractivity contribution in [3.05, 3.63) is 57.1 Å². The fraction of sp³-hybridized carbons (Fsp3) is 0.364. The van der Waals surface area contributed by atoms with E-state index in [-0.39, 0.29) is 0 Å². The second-order valence-electron chi connectivity index (χ2n) is 9.68. The van der Waals surface area contributed by atoms with E-state index in [1.807, 2.05) is 5.32 Å². The molecule has 42 heavy (non-hydrogen) atoms. The predicted octanol–water partition coefficient (Wildman–Crippen LogP) is 1.55. The van der Waals surface area contributed by atoms with Crippen LogP contribution in [0.2, 0.25) is 5.02 Å². The number of phenolic OH excluding ortho intramolecular Hbond substituents is 1. The second kappa shape index (κ2) is 10.1. The molecule has 1 amide bonds. The molecule has 0 unspecified atom stereocenters. The Morgan fingerprint density at radius 2 is 1.21 bits per heavy atom. The molecule has 0 fully saturated rings. The van der Waals surface area contributed by atoms with Crippen LogP contribution in [0.15, 0.2) is 18.2 Å². The van der Waals surface area contributed by atoms with Crippen LogP contribution in [0.3, 0.4) is 0 Å². The summed E-state index contributed by atoms with van der Waals surface area (Å²) in [6.45, 7) is 0. The van der Waals surface area contributed by atoms with Gasteiger partial charge in [0.25, 0.3) is 5.91 Å². The molecule has 1 aliphatic carbocycles. The number of hydrogen-bond acceptors (Lipinski definition) is 11. The number of fused-ring (bicyclic) bond motifs is 1. The van der Waals surface area contributed by atoms with Crippen LogP contribution in [0.25, 0.3) is 0 Å². The van der Waals surface area contributed by atoms with E-state index in [1.165, 1.54) is 0 Å². The summed E-state index contributed by atoms with van der Waals surface area (Å²) in [6, 6.07) is 1.20. The summed E-state index contributed by atoms with van der Waals surface area (Å²) < 4.78 is 127. The predicted molar refractivity (Wildman–Crippen MR) is 146 cm³/mol. The van der Waals surface area contributed by atoms with Gasteiger partial charge in [-0.05, 0) is 36.6 Å². The minimum absolute atomic E-state index is 0.386. The summed E-state index contributed by atoms with van der Waals surface area (Å²) in [5, 5.41) is 20.5. The molecule has 0 atom stereocenters. The van der Waals surface area contributed by atoms with Gasteiger partial charge in [0.1, 0.15) is 22.9 Å². The number of carbonyl (C=O) groups excluding carboxylic acids is 1. The first-order valence-electron chi connectivity index (χ1n) is 11.1. The summed E-state index contributed by atoms with van der Waals surface area (Å²) in [5.74, 6) is -8.05. The summed E-state index contributed by atoms with van der Waals surface area (Å²) in [7, 11) is -19.4. The third kappa shape index (κ3) is 4.83. The number of hydrogen-bond donors (Lipinski definition) is 3. The number of rotatable bonds is 7. The zero-order valence-electron chi connectivity index (χ0n) is 21.9. The van der Waals surface area contributed by atoms with Crippen molar-refractivity contribution >= 4 is 68.5 Å². The van der Waals surface area contributed by atoms with Crippen molar-refractivity contribution in [3.8, 4) is 5.75 Å². The number of phenols is 1. The molecule has 0 saturated carbocycles. The fourth-order valence-corrected chi connectivity index (χ4v) is 14.2. The number of carboxylic acids is 1. The van der Waals surface area contributed by atoms with Crippen LogP contribution in [0.1, 0.15) is 44.7 Å². The number of halogens is 3. The van der Waals surface area contributed by atoms with E-state index in [2.05, 4.69) is 0 Å². The lowest BCUT2D eigenvalue weighted by atomic mass is 9.87. The molecule has 0 bridgehead atoms. The third-order valence-corrected chi connectivity index (χ3v) is 17.4. The Balaban J connectivity index is 2.51. The third-order valence-electron chi connectivity index (χ3n) is 6.97. The van der Waals surface area contributed by atoms with Crippen molar-refractivity contribution in [2.24, 2.45) is 0 Å². The van der Waals surface area contributed by atoms with E-state index in [4.69, 9.17) is 16.7 Å². The van der Waals surface area contributed by atoms with E-state index in [0.29, 0.717) is 43.2 Å². The average Bonchev–Trinajstić information content (AvgIpc) is 2.76. The Morgan fingerprint density at radius 3 is 1.60 bits per heavy atom. The zero-order valence-corrected chi connectivity index (χ0v) is 25.9. The van der Waals surface area contributed by atoms with Crippen LogP contribution in [-0.4, -0.2) is 80.8 Å². The van der Waals surface area contributed by atoms with Gasteiger partial charge in [0, 0.05) is 36.3 Å². The highest BCUT2D eigenvalue weighted by Crippen LogP contribution is 2.58. The van der Waals surface area contributed by atoms with Gasteiger partial charge in [0.05, 0.1) is 10.6 Å². The van der Waals surface area contributed by atoms with Gasteiger partial charge in [0.15, 0.2) is 47.5 Å². The monoisotopic (exact) mass is 693 g/mol. The molecular formula is C22H22ClF2NO12S4. The molecule has 0 spiro atoms. The topological polar surface area (TPSA) is 223 Å². The molecule has 20 heteroatoms. The summed E-state index contributed by atoms with van der Waals surface area (Å²) in [5.41, 5.74) is -5.28. The molecule has 0 saturated heterocycles. The highest BCUT2D eigenvalue weighted by atomic mass is 35.5. The Morgan fingerprint density at radius 1 is 0.810 bits per heavy atom. The van der Waals surface area contributed by atoms with Crippen molar-refractivity contribution in [1.29, 1.82) is 0 Å². The van der Waals surface area contributed by atoms with Gasteiger partial charge in [-0.1, -0.05) is 11.6 Å². The quantitative estimate of drug-likeness (QED) is 0.376. The normalized spacial score (nSPS) is 16.8. The van der Waals surface area contributed by atoms with Gasteiger partial charge in [0.2, 0.25) is 0 Å². The lowest BCUT2D eigenvalue weighted by Crippen LogP contribution is -2.54. The van der Waals surface area contributed by atoms with Gasteiger partial charge in [-0.15, -0.1) is 0 Å². The van der Waals surface area contributed by atoms with Gasteiger partial charge in [-0.3, -0.25) is 4.79 Å². The van der Waals surface area contributed by atoms with E-state index < -0.39 is 123 Å². The van der Waals surface area contributed by atoms with Gasteiger partial charge in [-0.2, -0.15) is 0 Å². The van der Waals surface area contributed by atoms with E-state index in [1.54, 1.807) is 0 Å². The first kappa shape index (κ1) is 33.6. The van der Waals surface area contributed by atoms with Crippen LogP contribution in [0.4, 0.5) is 14.5 Å². The van der Waals surface area contributed by atoms with Crippen LogP contribution in [-0.2, 0) is 47.5 Å². The summed E-state index contributed by atoms with van der Waals surface area (Å²) in [4.78, 5) is 24.2. The van der Waals surface area contributed by atoms with Crippen molar-refractivity contribution < 1.29 is 62.3 Å². The number of carboxylic acid groups (broad SMARTS) is 1. The molecule has 3 rings (SSSR count). The maximum absolute atomic E-state index is 14.2. The van der Waals surface area contributed by atoms with Crippen molar-refractivity contribution in [2.45, 2.75) is 21.0 Å². The van der Waals surface area contributed by atoms with Gasteiger partial charge >= 0.3 is 5.97 Å². The summed E-state index contributed by atoms with van der Waals surface area (Å²) in [6.07, 6.45) is -0.360. The number of anilines is 1. The van der Waals surface area contributed by atoms with E-state index in [9.17, 15) is 57.1 Å². The highest BCUT2D eigenvalue weighted by Gasteiger charge is 2.66. The molecule has 0 radical (unpaired) electrons. The maximum atomic E-state index is 14.2. The molecular weight excluding hydrogens is 672 g/mol. The lowest BCUT2D eigenvalue weighted by molar-refractivity contribution is 0.0686. The first-order valence-corrected chi connectivity index (χ1v) is 19.1. The highest BCUT2D eigenvalue weighted by molar-refractivity contribution is 8.10. The Labute approximate surface area is 244 Å². The van der Waals surface area contributed by atoms with Crippen molar-refractivity contribution in [2.75, 3.05) is 30.3 Å². The van der Waals surface area contributed by atoms with Crippen LogP contribution >= 0.6 is 11.6 Å².